The molecular formula is C15H18N2O4. The fourth-order valence-electron chi connectivity index (χ4n) is 2.37. The molecule has 112 valence electrons. The number of methoxy groups -OCH3 is 1. The van der Waals surface area contributed by atoms with Crippen molar-refractivity contribution in [3.63, 3.8) is 0 Å². The van der Waals surface area contributed by atoms with Gasteiger partial charge in [-0.05, 0) is 12.5 Å². The van der Waals surface area contributed by atoms with Crippen LogP contribution in [-0.4, -0.2) is 36.0 Å². The molecule has 1 fully saturated rings. The zero-order valence-electron chi connectivity index (χ0n) is 12.2. The van der Waals surface area contributed by atoms with Gasteiger partial charge in [-0.2, -0.15) is 0 Å². The number of β-lactam (4-membered cyclic amide) rings is 1. The fourth-order valence-corrected chi connectivity index (χ4v) is 2.37. The lowest BCUT2D eigenvalue weighted by Crippen LogP contribution is -2.67. The van der Waals surface area contributed by atoms with Crippen molar-refractivity contribution in [2.45, 2.75) is 25.9 Å². The molecule has 0 bridgehead atoms. The highest BCUT2D eigenvalue weighted by Crippen LogP contribution is 2.28. The highest BCUT2D eigenvalue weighted by molar-refractivity contribution is 6.07. The molecule has 3 amide bonds. The molecule has 6 nitrogen and oxygen atoms in total. The highest BCUT2D eigenvalue weighted by atomic mass is 16.5. The van der Waals surface area contributed by atoms with Crippen LogP contribution in [0.1, 0.15) is 25.5 Å². The SMILES string of the molecule is COC(=O)[C@@H]1[C@H](C)C(=O)N1C(=O)N[C@H](C)c1ccccc1. The van der Waals surface area contributed by atoms with Crippen molar-refractivity contribution in [1.82, 2.24) is 10.2 Å². The number of ether oxygens (including phenoxy) is 1. The first-order valence-electron chi connectivity index (χ1n) is 6.73. The first-order valence-corrected chi connectivity index (χ1v) is 6.73. The minimum absolute atomic E-state index is 0.263. The number of urea groups is 1. The maximum Gasteiger partial charge on any atom is 0.329 e. The summed E-state index contributed by atoms with van der Waals surface area (Å²) in [5.41, 5.74) is 0.918. The largest absolute Gasteiger partial charge is 0.467 e. The topological polar surface area (TPSA) is 75.7 Å². The van der Waals surface area contributed by atoms with Crippen LogP contribution in [-0.2, 0) is 14.3 Å². The number of carbonyl (C=O) groups excluding carboxylic acids is 3. The number of carbonyl (C=O) groups is 3. The van der Waals surface area contributed by atoms with Gasteiger partial charge in [-0.15, -0.1) is 0 Å². The van der Waals surface area contributed by atoms with Crippen LogP contribution in [0.5, 0.6) is 0 Å². The van der Waals surface area contributed by atoms with Gasteiger partial charge in [0.1, 0.15) is 0 Å². The molecule has 0 radical (unpaired) electrons. The molecule has 1 aliphatic heterocycles. The second kappa shape index (κ2) is 5.95. The molecule has 0 unspecified atom stereocenters. The van der Waals surface area contributed by atoms with Crippen LogP contribution in [0.2, 0.25) is 0 Å². The van der Waals surface area contributed by atoms with Crippen LogP contribution in [0.3, 0.4) is 0 Å². The van der Waals surface area contributed by atoms with Gasteiger partial charge in [0.15, 0.2) is 6.04 Å². The first kappa shape index (κ1) is 15.0. The molecule has 0 spiro atoms. The van der Waals surface area contributed by atoms with E-state index in [2.05, 4.69) is 10.1 Å². The number of nitrogens with zero attached hydrogens (tertiary/aromatic N) is 1. The molecule has 1 aromatic rings. The molecule has 0 saturated carbocycles. The summed E-state index contributed by atoms with van der Waals surface area (Å²) in [4.78, 5) is 36.5. The van der Waals surface area contributed by atoms with Crippen LogP contribution in [0.15, 0.2) is 30.3 Å². The Morgan fingerprint density at radius 1 is 1.29 bits per heavy atom. The summed E-state index contributed by atoms with van der Waals surface area (Å²) in [5.74, 6) is -1.48. The molecule has 1 saturated heterocycles. The van der Waals surface area contributed by atoms with E-state index in [9.17, 15) is 14.4 Å². The van der Waals surface area contributed by atoms with Gasteiger partial charge in [-0.1, -0.05) is 37.3 Å². The summed E-state index contributed by atoms with van der Waals surface area (Å²) in [6.45, 7) is 3.42. The maximum atomic E-state index is 12.2. The number of nitrogens with one attached hydrogen (secondary N) is 1. The fraction of sp³-hybridized carbons (Fsp3) is 0.400. The second-order valence-corrected chi connectivity index (χ2v) is 5.05. The molecule has 0 aromatic heterocycles. The molecular weight excluding hydrogens is 272 g/mol. The molecule has 1 aliphatic rings. The first-order chi connectivity index (χ1) is 9.97. The van der Waals surface area contributed by atoms with E-state index in [1.54, 1.807) is 6.92 Å². The second-order valence-electron chi connectivity index (χ2n) is 5.05. The number of benzene rings is 1. The van der Waals surface area contributed by atoms with Gasteiger partial charge in [0, 0.05) is 0 Å². The Morgan fingerprint density at radius 3 is 2.48 bits per heavy atom. The molecule has 0 aliphatic carbocycles. The number of amides is 3. The van der Waals surface area contributed by atoms with Crippen molar-refractivity contribution in [2.75, 3.05) is 7.11 Å². The van der Waals surface area contributed by atoms with Crippen molar-refractivity contribution < 1.29 is 19.1 Å². The Kier molecular flexibility index (Phi) is 4.26. The number of hydrogen-bond acceptors (Lipinski definition) is 4. The van der Waals surface area contributed by atoms with E-state index in [1.165, 1.54) is 7.11 Å². The zero-order chi connectivity index (χ0) is 15.6. The smallest absolute Gasteiger partial charge is 0.329 e. The van der Waals surface area contributed by atoms with Gasteiger partial charge in [0.2, 0.25) is 5.91 Å². The van der Waals surface area contributed by atoms with Crippen molar-refractivity contribution in [3.05, 3.63) is 35.9 Å². The van der Waals surface area contributed by atoms with Gasteiger partial charge in [0.05, 0.1) is 19.1 Å². The number of likely N-dealkylation sites (tertiary alicyclic amines) is 1. The third-order valence-electron chi connectivity index (χ3n) is 3.68. The van der Waals surface area contributed by atoms with E-state index < -0.39 is 24.0 Å². The molecule has 2 rings (SSSR count). The van der Waals surface area contributed by atoms with E-state index in [-0.39, 0.29) is 11.9 Å². The standard InChI is InChI=1S/C15H18N2O4/c1-9-12(14(19)21-3)17(13(9)18)15(20)16-10(2)11-7-5-4-6-8-11/h4-10,12H,1-3H3,(H,16,20)/t9-,10+,12-/m0/s1. The van der Waals surface area contributed by atoms with Gasteiger partial charge < -0.3 is 10.1 Å². The minimum Gasteiger partial charge on any atom is -0.467 e. The van der Waals surface area contributed by atoms with E-state index in [0.29, 0.717) is 0 Å². The minimum atomic E-state index is -0.842. The van der Waals surface area contributed by atoms with Crippen LogP contribution >= 0.6 is 0 Å². The lowest BCUT2D eigenvalue weighted by atomic mass is 9.89. The van der Waals surface area contributed by atoms with Crippen molar-refractivity contribution in [1.29, 1.82) is 0 Å². The van der Waals surface area contributed by atoms with E-state index >= 15 is 0 Å². The van der Waals surface area contributed by atoms with E-state index in [4.69, 9.17) is 0 Å². The molecule has 1 N–H and O–H groups in total. The van der Waals surface area contributed by atoms with Crippen molar-refractivity contribution in [2.24, 2.45) is 5.92 Å². The van der Waals surface area contributed by atoms with Crippen molar-refractivity contribution in [3.8, 4) is 0 Å². The summed E-state index contributed by atoms with van der Waals surface area (Å²) < 4.78 is 4.63. The Morgan fingerprint density at radius 2 is 1.90 bits per heavy atom. The van der Waals surface area contributed by atoms with Gasteiger partial charge in [-0.25, -0.2) is 14.5 Å². The summed E-state index contributed by atoms with van der Waals surface area (Å²) in [7, 11) is 1.24. The summed E-state index contributed by atoms with van der Waals surface area (Å²) in [6, 6.07) is 7.69. The predicted molar refractivity (Wildman–Crippen MR) is 75.2 cm³/mol. The Hall–Kier alpha value is -2.37. The van der Waals surface area contributed by atoms with Gasteiger partial charge in [-0.3, -0.25) is 4.79 Å². The van der Waals surface area contributed by atoms with E-state index in [1.807, 2.05) is 37.3 Å². The molecule has 6 heteroatoms. The quantitative estimate of drug-likeness (QED) is 0.676. The number of imide groups is 1. The zero-order valence-corrected chi connectivity index (χ0v) is 12.2. The predicted octanol–water partition coefficient (Wildman–Crippen LogP) is 1.48. The maximum absolute atomic E-state index is 12.2. The average Bonchev–Trinajstić information content (AvgIpc) is 2.51. The van der Waals surface area contributed by atoms with Crippen LogP contribution in [0.4, 0.5) is 4.79 Å². The summed E-state index contributed by atoms with van der Waals surface area (Å²) in [6.07, 6.45) is 0. The molecule has 1 heterocycles. The summed E-state index contributed by atoms with van der Waals surface area (Å²) in [5, 5.41) is 2.72. The number of esters is 1. The third-order valence-corrected chi connectivity index (χ3v) is 3.68. The lowest BCUT2D eigenvalue weighted by Gasteiger charge is -2.42. The van der Waals surface area contributed by atoms with Gasteiger partial charge in [0.25, 0.3) is 0 Å². The monoisotopic (exact) mass is 290 g/mol. The summed E-state index contributed by atoms with van der Waals surface area (Å²) >= 11 is 0. The van der Waals surface area contributed by atoms with Crippen molar-refractivity contribution >= 4 is 17.9 Å². The lowest BCUT2D eigenvalue weighted by molar-refractivity contribution is -0.166. The van der Waals surface area contributed by atoms with Gasteiger partial charge >= 0.3 is 12.0 Å². The normalized spacial score (nSPS) is 22.2. The highest BCUT2D eigenvalue weighted by Gasteiger charge is 2.53. The average molecular weight is 290 g/mol. The van der Waals surface area contributed by atoms with Crippen LogP contribution in [0.25, 0.3) is 0 Å². The Labute approximate surface area is 123 Å². The Balaban J connectivity index is 2.06. The van der Waals surface area contributed by atoms with Crippen LogP contribution < -0.4 is 5.32 Å². The molecule has 1 aromatic carbocycles. The van der Waals surface area contributed by atoms with E-state index in [0.717, 1.165) is 10.5 Å². The van der Waals surface area contributed by atoms with Crippen LogP contribution in [0, 0.1) is 5.92 Å². The number of rotatable bonds is 3. The number of hydrogen-bond donors (Lipinski definition) is 1. The molecule has 21 heavy (non-hydrogen) atoms. The Bertz CT molecular complexity index is 558. The molecule has 3 atom stereocenters. The third kappa shape index (κ3) is 2.74.